The number of carbonyl (C=O) groups excluding carboxylic acids is 1. The van der Waals surface area contributed by atoms with E-state index in [9.17, 15) is 4.79 Å². The summed E-state index contributed by atoms with van der Waals surface area (Å²) in [7, 11) is 0. The van der Waals surface area contributed by atoms with Gasteiger partial charge in [-0.1, -0.05) is 39.3 Å². The molecule has 19 heavy (non-hydrogen) atoms. The van der Waals surface area contributed by atoms with E-state index >= 15 is 0 Å². The van der Waals surface area contributed by atoms with Gasteiger partial charge in [-0.2, -0.15) is 0 Å². The quantitative estimate of drug-likeness (QED) is 0.553. The summed E-state index contributed by atoms with van der Waals surface area (Å²) in [5, 5.41) is 0. The number of hydrogen-bond donors (Lipinski definition) is 0. The molecule has 0 N–H and O–H groups in total. The molecule has 0 aliphatic heterocycles. The third-order valence-corrected chi connectivity index (χ3v) is 6.68. The zero-order valence-corrected chi connectivity index (χ0v) is 12.8. The van der Waals surface area contributed by atoms with Crippen LogP contribution in [0, 0.1) is 21.7 Å². The highest BCUT2D eigenvalue weighted by molar-refractivity contribution is 5.88. The average molecular weight is 262 g/mol. The summed E-state index contributed by atoms with van der Waals surface area (Å²) in [5.74, 6) is -0.00120. The largest absolute Gasteiger partial charge is 0.465 e. The highest BCUT2D eigenvalue weighted by Gasteiger charge is 2.87. The van der Waals surface area contributed by atoms with Crippen molar-refractivity contribution in [1.29, 1.82) is 0 Å². The highest BCUT2D eigenvalue weighted by atomic mass is 16.5. The summed E-state index contributed by atoms with van der Waals surface area (Å²) in [6.45, 7) is 13.7. The van der Waals surface area contributed by atoms with Crippen LogP contribution in [-0.4, -0.2) is 12.6 Å². The predicted molar refractivity (Wildman–Crippen MR) is 75.6 cm³/mol. The molecular weight excluding hydrogens is 236 g/mol. The summed E-state index contributed by atoms with van der Waals surface area (Å²) in [6.07, 6.45) is 5.71. The van der Waals surface area contributed by atoms with Crippen molar-refractivity contribution in [2.75, 3.05) is 6.61 Å². The first kappa shape index (κ1) is 13.2. The molecule has 1 spiro atoms. The van der Waals surface area contributed by atoms with Crippen molar-refractivity contribution >= 4 is 5.97 Å². The lowest BCUT2D eigenvalue weighted by Crippen LogP contribution is -2.45. The fraction of sp³-hybridized carbons (Fsp3) is 0.824. The van der Waals surface area contributed by atoms with Gasteiger partial charge in [0, 0.05) is 5.41 Å². The van der Waals surface area contributed by atoms with Crippen molar-refractivity contribution in [2.24, 2.45) is 21.7 Å². The Morgan fingerprint density at radius 3 is 2.63 bits per heavy atom. The molecule has 3 aliphatic rings. The van der Waals surface area contributed by atoms with Crippen LogP contribution >= 0.6 is 0 Å². The number of ether oxygens (including phenoxy) is 1. The lowest BCUT2D eigenvalue weighted by molar-refractivity contribution is -0.152. The average Bonchev–Trinajstić information content (AvgIpc) is 2.96. The van der Waals surface area contributed by atoms with Gasteiger partial charge in [0.25, 0.3) is 0 Å². The first-order valence-electron chi connectivity index (χ1n) is 7.63. The molecule has 0 aromatic heterocycles. The van der Waals surface area contributed by atoms with Crippen molar-refractivity contribution in [3.8, 4) is 0 Å². The smallest absolute Gasteiger partial charge is 0.316 e. The van der Waals surface area contributed by atoms with Gasteiger partial charge in [-0.15, -0.1) is 0 Å². The second kappa shape index (κ2) is 3.45. The summed E-state index contributed by atoms with van der Waals surface area (Å²) in [5.41, 5.74) is 1.35. The second-order valence-electron chi connectivity index (χ2n) is 7.79. The van der Waals surface area contributed by atoms with Gasteiger partial charge >= 0.3 is 5.97 Å². The van der Waals surface area contributed by atoms with Gasteiger partial charge in [0.15, 0.2) is 0 Å². The molecule has 0 radical (unpaired) electrons. The molecule has 0 unspecified atom stereocenters. The molecular formula is C17H26O2. The van der Waals surface area contributed by atoms with Crippen molar-refractivity contribution in [3.05, 3.63) is 12.2 Å². The minimum absolute atomic E-state index is 0.00120. The Morgan fingerprint density at radius 1 is 1.32 bits per heavy atom. The fourth-order valence-electron chi connectivity index (χ4n) is 6.00. The van der Waals surface area contributed by atoms with Crippen molar-refractivity contribution in [3.63, 3.8) is 0 Å². The second-order valence-corrected chi connectivity index (χ2v) is 7.79. The molecule has 3 aliphatic carbocycles. The zero-order valence-electron chi connectivity index (χ0n) is 12.8. The van der Waals surface area contributed by atoms with Crippen LogP contribution in [0.1, 0.15) is 59.8 Å². The number of rotatable bonds is 2. The lowest BCUT2D eigenvalue weighted by atomic mass is 9.53. The first-order valence-corrected chi connectivity index (χ1v) is 7.63. The fourth-order valence-corrected chi connectivity index (χ4v) is 6.00. The van der Waals surface area contributed by atoms with Gasteiger partial charge in [0.05, 0.1) is 12.0 Å². The van der Waals surface area contributed by atoms with E-state index in [0.717, 1.165) is 18.4 Å². The maximum absolute atomic E-state index is 12.6. The van der Waals surface area contributed by atoms with E-state index in [1.165, 1.54) is 19.3 Å². The summed E-state index contributed by atoms with van der Waals surface area (Å²) >= 11 is 0. The summed E-state index contributed by atoms with van der Waals surface area (Å²) in [6, 6.07) is 0. The SMILES string of the molecule is C=C1C[C@@]2(C)CCCC(C)(C)[C@]23C[C@]13C(=O)OCC. The Labute approximate surface area is 116 Å². The van der Waals surface area contributed by atoms with Gasteiger partial charge in [0.1, 0.15) is 0 Å². The molecule has 2 heteroatoms. The van der Waals surface area contributed by atoms with Gasteiger partial charge in [-0.05, 0) is 43.4 Å². The molecule has 0 heterocycles. The molecule has 2 nitrogen and oxygen atoms in total. The molecule has 3 fully saturated rings. The normalized spacial score (nSPS) is 46.4. The van der Waals surface area contributed by atoms with E-state index in [2.05, 4.69) is 27.4 Å². The molecule has 3 atom stereocenters. The van der Waals surface area contributed by atoms with E-state index < -0.39 is 0 Å². The van der Waals surface area contributed by atoms with E-state index in [1.54, 1.807) is 0 Å². The monoisotopic (exact) mass is 262 g/mol. The van der Waals surface area contributed by atoms with E-state index in [0.29, 0.717) is 6.61 Å². The first-order chi connectivity index (χ1) is 8.77. The standard InChI is InChI=1S/C17H26O2/c1-6-19-13(18)16-11-17(16)14(3,4)8-7-9-15(17,5)10-12(16)2/h2,6-11H2,1,3-5H3/t15-,16-,17-/m1/s1. The number of esters is 1. The van der Waals surface area contributed by atoms with Crippen molar-refractivity contribution in [2.45, 2.75) is 59.8 Å². The molecule has 0 aromatic rings. The molecule has 0 saturated heterocycles. The van der Waals surface area contributed by atoms with Gasteiger partial charge in [-0.25, -0.2) is 0 Å². The van der Waals surface area contributed by atoms with E-state index in [1.807, 2.05) is 6.92 Å². The summed E-state index contributed by atoms with van der Waals surface area (Å²) in [4.78, 5) is 12.6. The van der Waals surface area contributed by atoms with E-state index in [4.69, 9.17) is 4.74 Å². The Balaban J connectivity index is 2.10. The zero-order chi connectivity index (χ0) is 14.1. The maximum Gasteiger partial charge on any atom is 0.316 e. The Morgan fingerprint density at radius 2 is 2.00 bits per heavy atom. The Hall–Kier alpha value is -0.790. The number of carbonyl (C=O) groups is 1. The van der Waals surface area contributed by atoms with Crippen molar-refractivity contribution < 1.29 is 9.53 Å². The van der Waals surface area contributed by atoms with Crippen LogP contribution in [0.15, 0.2) is 12.2 Å². The third-order valence-electron chi connectivity index (χ3n) is 6.68. The molecule has 106 valence electrons. The Kier molecular flexibility index (Phi) is 2.40. The lowest BCUT2D eigenvalue weighted by Gasteiger charge is -2.50. The van der Waals surface area contributed by atoms with Crippen LogP contribution in [0.3, 0.4) is 0 Å². The molecule has 0 bridgehead atoms. The molecule has 0 aromatic carbocycles. The van der Waals surface area contributed by atoms with E-state index in [-0.39, 0.29) is 27.6 Å². The van der Waals surface area contributed by atoms with Crippen LogP contribution in [-0.2, 0) is 9.53 Å². The minimum Gasteiger partial charge on any atom is -0.465 e. The Bertz CT molecular complexity index is 454. The molecule has 3 saturated carbocycles. The molecule has 0 amide bonds. The van der Waals surface area contributed by atoms with Crippen LogP contribution < -0.4 is 0 Å². The number of hydrogen-bond acceptors (Lipinski definition) is 2. The molecule has 3 rings (SSSR count). The van der Waals surface area contributed by atoms with Gasteiger partial charge in [-0.3, -0.25) is 4.79 Å². The van der Waals surface area contributed by atoms with Gasteiger partial charge < -0.3 is 4.74 Å². The minimum atomic E-state index is -0.359. The summed E-state index contributed by atoms with van der Waals surface area (Å²) < 4.78 is 5.42. The predicted octanol–water partition coefficient (Wildman–Crippen LogP) is 4.10. The maximum atomic E-state index is 12.6. The van der Waals surface area contributed by atoms with Crippen LogP contribution in [0.5, 0.6) is 0 Å². The van der Waals surface area contributed by atoms with Crippen LogP contribution in [0.2, 0.25) is 0 Å². The van der Waals surface area contributed by atoms with Crippen LogP contribution in [0.4, 0.5) is 0 Å². The van der Waals surface area contributed by atoms with Gasteiger partial charge in [0.2, 0.25) is 0 Å². The van der Waals surface area contributed by atoms with Crippen molar-refractivity contribution in [1.82, 2.24) is 0 Å². The highest BCUT2D eigenvalue weighted by Crippen LogP contribution is 2.90. The third kappa shape index (κ3) is 1.18. The topological polar surface area (TPSA) is 26.3 Å². The van der Waals surface area contributed by atoms with Crippen LogP contribution in [0.25, 0.3) is 0 Å².